The van der Waals surface area contributed by atoms with Crippen LogP contribution in [0.1, 0.15) is 51.3 Å². The Balaban J connectivity index is 1.27. The molecule has 1 aliphatic carbocycles. The third-order valence-electron chi connectivity index (χ3n) is 12.6. The van der Waals surface area contributed by atoms with Crippen LogP contribution in [0.25, 0.3) is 76.5 Å². The normalized spacial score (nSPS) is 13.5. The molecule has 1 aromatic heterocycles. The monoisotopic (exact) mass is 733 g/mol. The second-order valence-corrected chi connectivity index (χ2v) is 17.3. The number of hydrogen-bond donors (Lipinski definition) is 0. The van der Waals surface area contributed by atoms with E-state index in [1.54, 1.807) is 0 Å². The van der Waals surface area contributed by atoms with Gasteiger partial charge in [-0.1, -0.05) is 168 Å². The van der Waals surface area contributed by atoms with Gasteiger partial charge in [-0.25, -0.2) is 0 Å². The van der Waals surface area contributed by atoms with Crippen LogP contribution < -0.4 is 4.90 Å². The molecular weight excluding hydrogens is 691 g/mol. The van der Waals surface area contributed by atoms with Gasteiger partial charge in [-0.15, -0.1) is 0 Å². The van der Waals surface area contributed by atoms with Gasteiger partial charge in [-0.3, -0.25) is 0 Å². The van der Waals surface area contributed by atoms with E-state index in [-0.39, 0.29) is 10.8 Å². The Morgan fingerprint density at radius 1 is 0.456 bits per heavy atom. The highest BCUT2D eigenvalue weighted by Gasteiger charge is 2.37. The lowest BCUT2D eigenvalue weighted by atomic mass is 9.82. The molecule has 0 bridgehead atoms. The number of hydrogen-bond acceptors (Lipinski definition) is 2. The summed E-state index contributed by atoms with van der Waals surface area (Å²) in [6.07, 6.45) is 0. The molecule has 0 radical (unpaired) electrons. The molecule has 0 amide bonds. The van der Waals surface area contributed by atoms with Crippen LogP contribution in [0.15, 0.2) is 174 Å². The third kappa shape index (κ3) is 4.96. The summed E-state index contributed by atoms with van der Waals surface area (Å²) in [5, 5.41) is 9.72. The summed E-state index contributed by atoms with van der Waals surface area (Å²) in [5.41, 5.74) is 14.1. The van der Waals surface area contributed by atoms with Crippen molar-refractivity contribution in [1.29, 1.82) is 0 Å². The minimum absolute atomic E-state index is 0.0288. The highest BCUT2D eigenvalue weighted by molar-refractivity contribution is 6.19. The van der Waals surface area contributed by atoms with Gasteiger partial charge in [-0.05, 0) is 102 Å². The van der Waals surface area contributed by atoms with Crippen molar-refractivity contribution in [2.45, 2.75) is 45.4 Å². The summed E-state index contributed by atoms with van der Waals surface area (Å²) in [4.78, 5) is 2.54. The second-order valence-electron chi connectivity index (χ2n) is 17.3. The van der Waals surface area contributed by atoms with Gasteiger partial charge in [0.15, 0.2) is 0 Å². The molecule has 0 unspecified atom stereocenters. The lowest BCUT2D eigenvalue weighted by Gasteiger charge is -2.32. The maximum absolute atomic E-state index is 6.52. The van der Waals surface area contributed by atoms with Crippen molar-refractivity contribution in [2.75, 3.05) is 4.90 Å². The first-order chi connectivity index (χ1) is 27.7. The molecule has 0 atom stereocenters. The molecule has 0 saturated heterocycles. The highest BCUT2D eigenvalue weighted by Crippen LogP contribution is 2.55. The fraction of sp³-hybridized carbons (Fsp3) is 0.127. The Morgan fingerprint density at radius 2 is 1.05 bits per heavy atom. The largest absolute Gasteiger partial charge is 0.456 e. The molecule has 0 N–H and O–H groups in total. The molecule has 57 heavy (non-hydrogen) atoms. The summed E-state index contributed by atoms with van der Waals surface area (Å²) >= 11 is 0. The lowest BCUT2D eigenvalue weighted by molar-refractivity contribution is 0.596. The van der Waals surface area contributed by atoms with Crippen molar-refractivity contribution < 1.29 is 4.42 Å². The number of furan rings is 1. The zero-order valence-corrected chi connectivity index (χ0v) is 33.0. The van der Waals surface area contributed by atoms with Crippen molar-refractivity contribution in [2.24, 2.45) is 0 Å². The number of fused-ring (bicyclic) bond motifs is 10. The average molecular weight is 734 g/mol. The van der Waals surface area contributed by atoms with E-state index in [1.165, 1.54) is 65.7 Å². The van der Waals surface area contributed by atoms with Crippen LogP contribution in [0.2, 0.25) is 0 Å². The van der Waals surface area contributed by atoms with Crippen LogP contribution in [-0.2, 0) is 10.8 Å². The molecule has 1 heterocycles. The summed E-state index contributed by atoms with van der Waals surface area (Å²) in [6.45, 7) is 11.7. The van der Waals surface area contributed by atoms with Crippen molar-refractivity contribution in [3.8, 4) is 22.3 Å². The van der Waals surface area contributed by atoms with Crippen molar-refractivity contribution in [3.63, 3.8) is 0 Å². The molecule has 0 aliphatic heterocycles. The predicted molar refractivity (Wildman–Crippen MR) is 243 cm³/mol. The lowest BCUT2D eigenvalue weighted by Crippen LogP contribution is -2.16. The fourth-order valence-corrected chi connectivity index (χ4v) is 9.90. The quantitative estimate of drug-likeness (QED) is 0.179. The number of rotatable bonds is 4. The summed E-state index contributed by atoms with van der Waals surface area (Å²) in [5.74, 6) is 0. The second kappa shape index (κ2) is 12.2. The van der Waals surface area contributed by atoms with E-state index >= 15 is 0 Å². The van der Waals surface area contributed by atoms with Gasteiger partial charge in [0, 0.05) is 32.8 Å². The van der Waals surface area contributed by atoms with Crippen LogP contribution in [0.4, 0.5) is 17.1 Å². The average Bonchev–Trinajstić information content (AvgIpc) is 3.72. The zero-order valence-electron chi connectivity index (χ0n) is 33.0. The molecular formula is C55H43NO. The van der Waals surface area contributed by atoms with Crippen LogP contribution in [0.3, 0.4) is 0 Å². The van der Waals surface area contributed by atoms with Gasteiger partial charge in [0.2, 0.25) is 0 Å². The highest BCUT2D eigenvalue weighted by atomic mass is 16.3. The van der Waals surface area contributed by atoms with Crippen molar-refractivity contribution in [1.82, 2.24) is 0 Å². The number of para-hydroxylation sites is 1. The first kappa shape index (κ1) is 33.7. The molecule has 2 nitrogen and oxygen atoms in total. The molecule has 1 aliphatic rings. The SMILES string of the molecule is CC(C)(C)c1ccc(N(c2ccc3c(c2)-c2c(ccc4ccccc24)C3(C)C)c2ccc3ccccc3c2-c2cccc3oc4ccccc4c23)c2ccccc12. The van der Waals surface area contributed by atoms with Gasteiger partial charge >= 0.3 is 0 Å². The van der Waals surface area contributed by atoms with E-state index in [2.05, 4.69) is 209 Å². The van der Waals surface area contributed by atoms with E-state index < -0.39 is 0 Å². The molecule has 11 rings (SSSR count). The topological polar surface area (TPSA) is 16.4 Å². The predicted octanol–water partition coefficient (Wildman–Crippen LogP) is 15.8. The van der Waals surface area contributed by atoms with Crippen LogP contribution >= 0.6 is 0 Å². The van der Waals surface area contributed by atoms with E-state index in [9.17, 15) is 0 Å². The molecule has 0 saturated carbocycles. The van der Waals surface area contributed by atoms with Crippen LogP contribution in [0, 0.1) is 0 Å². The Bertz CT molecular complexity index is 3260. The number of anilines is 3. The standard InChI is InChI=1S/C55H43NO/c1-54(2,3)44-30-32-47(40-20-11-10-19-39(40)44)56(36-27-29-45-43(33-36)51-37-17-8-6-15-34(37)25-28-46(51)55(45,4)5)48-31-26-35-16-7-9-18-38(35)52(48)42-22-14-24-50-53(42)41-21-12-13-23-49(41)57-50/h6-33H,1-5H3. The maximum Gasteiger partial charge on any atom is 0.136 e. The Kier molecular flexibility index (Phi) is 7.20. The number of benzene rings is 9. The first-order valence-corrected chi connectivity index (χ1v) is 20.1. The maximum atomic E-state index is 6.52. The van der Waals surface area contributed by atoms with Crippen LogP contribution in [0.5, 0.6) is 0 Å². The molecule has 0 fully saturated rings. The Hall–Kier alpha value is -6.64. The van der Waals surface area contributed by atoms with Gasteiger partial charge in [0.25, 0.3) is 0 Å². The van der Waals surface area contributed by atoms with Gasteiger partial charge in [0.05, 0.1) is 11.4 Å². The van der Waals surface area contributed by atoms with E-state index in [0.717, 1.165) is 44.6 Å². The molecule has 10 aromatic rings. The third-order valence-corrected chi connectivity index (χ3v) is 12.6. The minimum Gasteiger partial charge on any atom is -0.456 e. The molecule has 2 heteroatoms. The first-order valence-electron chi connectivity index (χ1n) is 20.1. The zero-order chi connectivity index (χ0) is 38.6. The minimum atomic E-state index is -0.134. The van der Waals surface area contributed by atoms with Gasteiger partial charge < -0.3 is 9.32 Å². The van der Waals surface area contributed by atoms with Gasteiger partial charge in [-0.2, -0.15) is 0 Å². The summed E-state index contributed by atoms with van der Waals surface area (Å²) in [6, 6.07) is 62.8. The Labute approximate surface area is 333 Å². The fourth-order valence-electron chi connectivity index (χ4n) is 9.90. The number of nitrogens with zero attached hydrogens (tertiary/aromatic N) is 1. The van der Waals surface area contributed by atoms with E-state index in [0.29, 0.717) is 0 Å². The molecule has 9 aromatic carbocycles. The summed E-state index contributed by atoms with van der Waals surface area (Å²) < 4.78 is 6.52. The van der Waals surface area contributed by atoms with Crippen molar-refractivity contribution in [3.05, 3.63) is 187 Å². The van der Waals surface area contributed by atoms with E-state index in [1.807, 2.05) is 0 Å². The van der Waals surface area contributed by atoms with Crippen LogP contribution in [-0.4, -0.2) is 0 Å². The molecule has 274 valence electrons. The van der Waals surface area contributed by atoms with Crippen molar-refractivity contribution >= 4 is 71.3 Å². The molecule has 0 spiro atoms. The van der Waals surface area contributed by atoms with E-state index in [4.69, 9.17) is 4.42 Å². The van der Waals surface area contributed by atoms with Gasteiger partial charge in [0.1, 0.15) is 11.2 Å². The smallest absolute Gasteiger partial charge is 0.136 e. The summed E-state index contributed by atoms with van der Waals surface area (Å²) in [7, 11) is 0. The Morgan fingerprint density at radius 3 is 1.81 bits per heavy atom.